The summed E-state index contributed by atoms with van der Waals surface area (Å²) in [6, 6.07) is 0.369. The maximum absolute atomic E-state index is 11.2. The molecule has 0 amide bonds. The van der Waals surface area contributed by atoms with Gasteiger partial charge in [0.2, 0.25) is 0 Å². The fourth-order valence-corrected chi connectivity index (χ4v) is 2.45. The smallest absolute Gasteiger partial charge is 0.358 e. The van der Waals surface area contributed by atoms with Gasteiger partial charge in [-0.15, -0.1) is 12.4 Å². The number of fused-ring (bicyclic) bond motifs is 1. The van der Waals surface area contributed by atoms with E-state index < -0.39 is 5.97 Å². The third kappa shape index (κ3) is 2.02. The number of piperidine rings is 1. The van der Waals surface area contributed by atoms with Crippen molar-refractivity contribution in [1.29, 1.82) is 0 Å². The molecule has 98 valence electrons. The Morgan fingerprint density at radius 2 is 2.06 bits per heavy atom. The molecule has 1 aliphatic carbocycles. The summed E-state index contributed by atoms with van der Waals surface area (Å²) in [6.07, 6.45) is 3.06. The molecule has 1 saturated carbocycles. The predicted molar refractivity (Wildman–Crippen MR) is 67.8 cm³/mol. The van der Waals surface area contributed by atoms with E-state index in [1.54, 1.807) is 6.20 Å². The minimum atomic E-state index is -0.463. The van der Waals surface area contributed by atoms with Crippen LogP contribution in [0.3, 0.4) is 0 Å². The zero-order valence-electron chi connectivity index (χ0n) is 9.94. The Hall–Kier alpha value is -1.40. The number of hydrogen-bond donors (Lipinski definition) is 1. The number of anilines is 1. The first-order valence-corrected chi connectivity index (χ1v) is 5.61. The van der Waals surface area contributed by atoms with Crippen molar-refractivity contribution in [2.24, 2.45) is 17.6 Å². The second-order valence-corrected chi connectivity index (χ2v) is 4.56. The molecule has 2 unspecified atom stereocenters. The van der Waals surface area contributed by atoms with Crippen LogP contribution in [0, 0.1) is 11.8 Å². The average molecular weight is 271 g/mol. The number of rotatable bonds is 2. The van der Waals surface area contributed by atoms with Crippen LogP contribution in [0.2, 0.25) is 0 Å². The van der Waals surface area contributed by atoms with Crippen LogP contribution in [0.4, 0.5) is 5.82 Å². The summed E-state index contributed by atoms with van der Waals surface area (Å²) in [6.45, 7) is 1.89. The van der Waals surface area contributed by atoms with E-state index in [2.05, 4.69) is 19.6 Å². The maximum atomic E-state index is 11.2. The first-order valence-electron chi connectivity index (χ1n) is 5.61. The van der Waals surface area contributed by atoms with Crippen molar-refractivity contribution in [3.63, 3.8) is 0 Å². The van der Waals surface area contributed by atoms with Gasteiger partial charge >= 0.3 is 5.97 Å². The third-order valence-electron chi connectivity index (χ3n) is 3.62. The highest BCUT2D eigenvalue weighted by Crippen LogP contribution is 2.44. The monoisotopic (exact) mass is 270 g/mol. The number of carbonyl (C=O) groups is 1. The van der Waals surface area contributed by atoms with Gasteiger partial charge in [0.15, 0.2) is 5.69 Å². The number of nitrogens with two attached hydrogens (primary N) is 1. The Morgan fingerprint density at radius 3 is 2.56 bits per heavy atom. The van der Waals surface area contributed by atoms with Crippen LogP contribution < -0.4 is 10.6 Å². The van der Waals surface area contributed by atoms with Crippen molar-refractivity contribution in [1.82, 2.24) is 9.97 Å². The largest absolute Gasteiger partial charge is 0.464 e. The predicted octanol–water partition coefficient (Wildman–Crippen LogP) is 0.0783. The molecule has 2 fully saturated rings. The molecule has 7 heteroatoms. The molecule has 1 aromatic rings. The van der Waals surface area contributed by atoms with E-state index in [0.717, 1.165) is 18.9 Å². The van der Waals surface area contributed by atoms with Crippen molar-refractivity contribution in [2.75, 3.05) is 25.1 Å². The summed E-state index contributed by atoms with van der Waals surface area (Å²) >= 11 is 0. The zero-order valence-corrected chi connectivity index (χ0v) is 10.8. The molecule has 0 bridgehead atoms. The molecule has 2 N–H and O–H groups in total. The van der Waals surface area contributed by atoms with Crippen LogP contribution in [-0.4, -0.2) is 42.2 Å². The summed E-state index contributed by atoms with van der Waals surface area (Å²) in [5.41, 5.74) is 6.10. The minimum absolute atomic E-state index is 0. The number of ether oxygens (including phenoxy) is 1. The lowest BCUT2D eigenvalue weighted by Crippen LogP contribution is -2.28. The molecule has 2 atom stereocenters. The molecule has 0 spiro atoms. The van der Waals surface area contributed by atoms with Gasteiger partial charge in [0.25, 0.3) is 0 Å². The van der Waals surface area contributed by atoms with Gasteiger partial charge in [-0.05, 0) is 11.8 Å². The Balaban J connectivity index is 0.00000120. The summed E-state index contributed by atoms with van der Waals surface area (Å²) in [4.78, 5) is 21.6. The number of halogens is 1. The van der Waals surface area contributed by atoms with Gasteiger partial charge in [-0.2, -0.15) is 0 Å². The zero-order chi connectivity index (χ0) is 12.0. The van der Waals surface area contributed by atoms with Gasteiger partial charge in [-0.3, -0.25) is 0 Å². The average Bonchev–Trinajstić information content (AvgIpc) is 2.82. The molecule has 6 nitrogen and oxygen atoms in total. The Labute approximate surface area is 111 Å². The van der Waals surface area contributed by atoms with Crippen molar-refractivity contribution in [2.45, 2.75) is 6.04 Å². The molecule has 18 heavy (non-hydrogen) atoms. The summed E-state index contributed by atoms with van der Waals surface area (Å²) < 4.78 is 4.57. The summed E-state index contributed by atoms with van der Waals surface area (Å²) in [5, 5.41) is 0. The third-order valence-corrected chi connectivity index (χ3v) is 3.62. The SMILES string of the molecule is COC(=O)c1cnc(N2CC3C(N)C3C2)cn1.Cl. The lowest BCUT2D eigenvalue weighted by molar-refractivity contribution is 0.0593. The van der Waals surface area contributed by atoms with Crippen LogP contribution in [0.5, 0.6) is 0 Å². The number of methoxy groups -OCH3 is 1. The maximum Gasteiger partial charge on any atom is 0.358 e. The van der Waals surface area contributed by atoms with Gasteiger partial charge < -0.3 is 15.4 Å². The van der Waals surface area contributed by atoms with Crippen molar-refractivity contribution >= 4 is 24.2 Å². The molecular weight excluding hydrogens is 256 g/mol. The normalized spacial score (nSPS) is 28.3. The van der Waals surface area contributed by atoms with E-state index in [0.29, 0.717) is 17.9 Å². The second kappa shape index (κ2) is 4.70. The van der Waals surface area contributed by atoms with Gasteiger partial charge in [0, 0.05) is 19.1 Å². The van der Waals surface area contributed by atoms with E-state index in [-0.39, 0.29) is 18.1 Å². The van der Waals surface area contributed by atoms with E-state index in [1.807, 2.05) is 0 Å². The van der Waals surface area contributed by atoms with Gasteiger partial charge in [-0.25, -0.2) is 14.8 Å². The minimum Gasteiger partial charge on any atom is -0.464 e. The standard InChI is InChI=1S/C11H14N4O2.ClH/c1-17-11(16)8-2-14-9(3-13-8)15-4-6-7(5-15)10(6)12;/h2-3,6-7,10H,4-5,12H2,1H3;1H. The van der Waals surface area contributed by atoms with Gasteiger partial charge in [0.1, 0.15) is 5.82 Å². The number of esters is 1. The molecule has 2 heterocycles. The quantitative estimate of drug-likeness (QED) is 0.767. The van der Waals surface area contributed by atoms with E-state index >= 15 is 0 Å². The Morgan fingerprint density at radius 1 is 1.39 bits per heavy atom. The number of carbonyl (C=O) groups excluding carboxylic acids is 1. The van der Waals surface area contributed by atoms with E-state index in [1.165, 1.54) is 13.3 Å². The van der Waals surface area contributed by atoms with E-state index in [9.17, 15) is 4.79 Å². The van der Waals surface area contributed by atoms with Gasteiger partial charge in [-0.1, -0.05) is 0 Å². The van der Waals surface area contributed by atoms with Crippen molar-refractivity contribution in [3.8, 4) is 0 Å². The lowest BCUT2D eigenvalue weighted by atomic mass is 10.4. The van der Waals surface area contributed by atoms with Crippen LogP contribution in [-0.2, 0) is 4.74 Å². The highest BCUT2D eigenvalue weighted by molar-refractivity contribution is 5.86. The van der Waals surface area contributed by atoms with Crippen LogP contribution >= 0.6 is 12.4 Å². The van der Waals surface area contributed by atoms with Crippen LogP contribution in [0.15, 0.2) is 12.4 Å². The number of hydrogen-bond acceptors (Lipinski definition) is 6. The second-order valence-electron chi connectivity index (χ2n) is 4.56. The Bertz CT molecular complexity index is 441. The van der Waals surface area contributed by atoms with Crippen molar-refractivity contribution < 1.29 is 9.53 Å². The van der Waals surface area contributed by atoms with Crippen molar-refractivity contribution in [3.05, 3.63) is 18.1 Å². The van der Waals surface area contributed by atoms with Crippen LogP contribution in [0.25, 0.3) is 0 Å². The molecule has 2 aliphatic rings. The fourth-order valence-electron chi connectivity index (χ4n) is 2.45. The van der Waals surface area contributed by atoms with Crippen LogP contribution in [0.1, 0.15) is 10.5 Å². The fraction of sp³-hybridized carbons (Fsp3) is 0.545. The lowest BCUT2D eigenvalue weighted by Gasteiger charge is -2.19. The number of nitrogens with zero attached hydrogens (tertiary/aromatic N) is 3. The first-order chi connectivity index (χ1) is 8.20. The molecule has 1 aliphatic heterocycles. The summed E-state index contributed by atoms with van der Waals surface area (Å²) in [5.74, 6) is 1.56. The van der Waals surface area contributed by atoms with E-state index in [4.69, 9.17) is 5.73 Å². The van der Waals surface area contributed by atoms with Gasteiger partial charge in [0.05, 0.1) is 19.5 Å². The molecule has 1 saturated heterocycles. The molecule has 3 rings (SSSR count). The molecule has 0 radical (unpaired) electrons. The first kappa shape index (κ1) is 13.0. The molecule has 1 aromatic heterocycles. The summed E-state index contributed by atoms with van der Waals surface area (Å²) in [7, 11) is 1.33. The topological polar surface area (TPSA) is 81.3 Å². The Kier molecular flexibility index (Phi) is 3.41. The number of aromatic nitrogens is 2. The highest BCUT2D eigenvalue weighted by Gasteiger charge is 2.53. The molecule has 0 aromatic carbocycles. The molecular formula is C11H15ClN4O2. The highest BCUT2D eigenvalue weighted by atomic mass is 35.5.